The average molecular weight is 370 g/mol. The van der Waals surface area contributed by atoms with Gasteiger partial charge in [0.05, 0.1) is 17.1 Å². The van der Waals surface area contributed by atoms with Crippen molar-refractivity contribution in [1.82, 2.24) is 24.3 Å². The number of H-pyrrole nitrogens is 1. The first-order valence-electron chi connectivity index (χ1n) is 8.86. The number of carbonyl (C=O) groups excluding carboxylic acids is 1. The Morgan fingerprint density at radius 1 is 1.33 bits per heavy atom. The largest absolute Gasteiger partial charge is 0.329 e. The normalized spacial score (nSPS) is 11.3. The van der Waals surface area contributed by atoms with E-state index >= 15 is 0 Å². The molecule has 0 saturated heterocycles. The van der Waals surface area contributed by atoms with Crippen LogP contribution in [0.3, 0.4) is 0 Å². The van der Waals surface area contributed by atoms with Gasteiger partial charge in [-0.2, -0.15) is 5.10 Å². The maximum atomic E-state index is 12.6. The first kappa shape index (κ1) is 18.6. The van der Waals surface area contributed by atoms with E-state index in [9.17, 15) is 14.4 Å². The van der Waals surface area contributed by atoms with E-state index in [2.05, 4.69) is 34.2 Å². The Morgan fingerprint density at radius 2 is 2.11 bits per heavy atom. The maximum Gasteiger partial charge on any atom is 0.329 e. The minimum atomic E-state index is -0.561. The van der Waals surface area contributed by atoms with Crippen molar-refractivity contribution in [3.63, 3.8) is 0 Å². The van der Waals surface area contributed by atoms with E-state index in [1.165, 1.54) is 16.8 Å². The number of aryl methyl sites for hydroxylation is 1. The van der Waals surface area contributed by atoms with Crippen molar-refractivity contribution in [1.29, 1.82) is 0 Å². The molecule has 0 fully saturated rings. The molecule has 3 aromatic rings. The lowest BCUT2D eigenvalue weighted by Gasteiger charge is -2.11. The van der Waals surface area contributed by atoms with Crippen LogP contribution >= 0.6 is 0 Å². The third-order valence-corrected chi connectivity index (χ3v) is 4.04. The van der Waals surface area contributed by atoms with Crippen LogP contribution in [0.2, 0.25) is 0 Å². The van der Waals surface area contributed by atoms with Crippen LogP contribution in [0.15, 0.2) is 34.1 Å². The number of pyridine rings is 1. The van der Waals surface area contributed by atoms with Gasteiger partial charge >= 0.3 is 5.69 Å². The zero-order valence-corrected chi connectivity index (χ0v) is 15.5. The first-order valence-corrected chi connectivity index (χ1v) is 8.86. The van der Waals surface area contributed by atoms with Crippen LogP contribution in [-0.4, -0.2) is 30.2 Å². The summed E-state index contributed by atoms with van der Waals surface area (Å²) in [4.78, 5) is 43.2. The molecule has 3 heterocycles. The van der Waals surface area contributed by atoms with Gasteiger partial charge in [-0.05, 0) is 18.4 Å². The Bertz CT molecular complexity index is 1090. The summed E-state index contributed by atoms with van der Waals surface area (Å²) in [5.41, 5.74) is -0.565. The number of aromatic nitrogens is 5. The smallest absolute Gasteiger partial charge is 0.307 e. The summed E-state index contributed by atoms with van der Waals surface area (Å²) in [7, 11) is 0. The molecule has 1 amide bonds. The zero-order valence-electron chi connectivity index (χ0n) is 15.5. The molecule has 0 unspecified atom stereocenters. The summed E-state index contributed by atoms with van der Waals surface area (Å²) in [5, 5.41) is 7.19. The van der Waals surface area contributed by atoms with Crippen molar-refractivity contribution in [2.45, 2.75) is 40.3 Å². The van der Waals surface area contributed by atoms with Crippen LogP contribution in [0.1, 0.15) is 37.6 Å². The van der Waals surface area contributed by atoms with E-state index in [0.717, 1.165) is 0 Å². The van der Waals surface area contributed by atoms with E-state index in [1.54, 1.807) is 16.9 Å². The maximum absolute atomic E-state index is 12.6. The highest BCUT2D eigenvalue weighted by Gasteiger charge is 2.14. The predicted octanol–water partition coefficient (Wildman–Crippen LogP) is 1.60. The van der Waals surface area contributed by atoms with Gasteiger partial charge in [0, 0.05) is 25.4 Å². The number of nitrogens with one attached hydrogen (secondary N) is 2. The number of carbonyl (C=O) groups is 1. The Balaban J connectivity index is 1.96. The number of anilines is 1. The molecule has 3 aromatic heterocycles. The monoisotopic (exact) mass is 370 g/mol. The second-order valence-electron chi connectivity index (χ2n) is 6.75. The highest BCUT2D eigenvalue weighted by Crippen LogP contribution is 2.13. The van der Waals surface area contributed by atoms with Gasteiger partial charge in [-0.1, -0.05) is 20.8 Å². The number of hydrogen-bond acceptors (Lipinski definition) is 5. The van der Waals surface area contributed by atoms with E-state index < -0.39 is 17.2 Å². The molecule has 9 heteroatoms. The van der Waals surface area contributed by atoms with Gasteiger partial charge in [-0.15, -0.1) is 0 Å². The van der Waals surface area contributed by atoms with Crippen LogP contribution in [0.4, 0.5) is 5.82 Å². The third-order valence-electron chi connectivity index (χ3n) is 4.04. The molecule has 0 atom stereocenters. The third kappa shape index (κ3) is 3.81. The summed E-state index contributed by atoms with van der Waals surface area (Å²) in [6, 6.07) is 3.16. The SMILES string of the molecule is CCCn1c(=O)[nH]c(=O)c2cc(C(=O)Nc3ccnn3CC(C)C)cnc21. The fraction of sp³-hybridized carbons (Fsp3) is 0.389. The lowest BCUT2D eigenvalue weighted by Crippen LogP contribution is -2.31. The number of amides is 1. The van der Waals surface area contributed by atoms with Crippen molar-refractivity contribution in [3.05, 3.63) is 50.9 Å². The van der Waals surface area contributed by atoms with Crippen LogP contribution in [0.25, 0.3) is 11.0 Å². The first-order chi connectivity index (χ1) is 12.9. The van der Waals surface area contributed by atoms with Gasteiger partial charge in [-0.3, -0.25) is 19.1 Å². The van der Waals surface area contributed by atoms with Crippen LogP contribution in [0.5, 0.6) is 0 Å². The average Bonchev–Trinajstić information content (AvgIpc) is 3.04. The molecule has 0 saturated carbocycles. The molecule has 0 bridgehead atoms. The number of aromatic amines is 1. The van der Waals surface area contributed by atoms with Crippen molar-refractivity contribution in [2.75, 3.05) is 5.32 Å². The molecule has 0 aromatic carbocycles. The number of nitrogens with zero attached hydrogens (tertiary/aromatic N) is 4. The molecular weight excluding hydrogens is 348 g/mol. The second kappa shape index (κ2) is 7.56. The number of hydrogen-bond donors (Lipinski definition) is 2. The van der Waals surface area contributed by atoms with Crippen molar-refractivity contribution in [2.24, 2.45) is 5.92 Å². The molecule has 0 aliphatic rings. The molecule has 27 heavy (non-hydrogen) atoms. The molecule has 0 spiro atoms. The summed E-state index contributed by atoms with van der Waals surface area (Å²) in [6.45, 7) is 7.14. The van der Waals surface area contributed by atoms with E-state index in [0.29, 0.717) is 31.2 Å². The molecule has 142 valence electrons. The van der Waals surface area contributed by atoms with Gasteiger partial charge in [0.2, 0.25) is 0 Å². The number of rotatable bonds is 6. The van der Waals surface area contributed by atoms with Crippen molar-refractivity contribution in [3.8, 4) is 0 Å². The lowest BCUT2D eigenvalue weighted by atomic mass is 10.2. The summed E-state index contributed by atoms with van der Waals surface area (Å²) in [5.74, 6) is 0.540. The molecule has 0 aliphatic carbocycles. The molecule has 0 radical (unpaired) electrons. The lowest BCUT2D eigenvalue weighted by molar-refractivity contribution is 0.102. The van der Waals surface area contributed by atoms with Crippen molar-refractivity contribution >= 4 is 22.8 Å². The van der Waals surface area contributed by atoms with Crippen LogP contribution < -0.4 is 16.6 Å². The fourth-order valence-corrected chi connectivity index (χ4v) is 2.84. The quantitative estimate of drug-likeness (QED) is 0.684. The second-order valence-corrected chi connectivity index (χ2v) is 6.75. The summed E-state index contributed by atoms with van der Waals surface area (Å²) >= 11 is 0. The van der Waals surface area contributed by atoms with Gasteiger partial charge in [0.25, 0.3) is 11.5 Å². The predicted molar refractivity (Wildman–Crippen MR) is 102 cm³/mol. The van der Waals surface area contributed by atoms with E-state index in [1.807, 2.05) is 6.92 Å². The highest BCUT2D eigenvalue weighted by molar-refractivity contribution is 6.05. The Morgan fingerprint density at radius 3 is 2.81 bits per heavy atom. The highest BCUT2D eigenvalue weighted by atomic mass is 16.2. The van der Waals surface area contributed by atoms with Gasteiger partial charge < -0.3 is 5.32 Å². The Hall–Kier alpha value is -3.23. The standard InChI is InChI=1S/C18H22N6O3/c1-4-7-23-15-13(17(26)22-18(23)27)8-12(9-19-15)16(25)21-14-5-6-20-24(14)10-11(2)3/h5-6,8-9,11H,4,7,10H2,1-3H3,(H,21,25)(H,22,26,27). The molecule has 9 nitrogen and oxygen atoms in total. The van der Waals surface area contributed by atoms with Gasteiger partial charge in [-0.25, -0.2) is 14.5 Å². The summed E-state index contributed by atoms with van der Waals surface area (Å²) < 4.78 is 3.11. The van der Waals surface area contributed by atoms with Crippen LogP contribution in [0, 0.1) is 5.92 Å². The summed E-state index contributed by atoms with van der Waals surface area (Å²) in [6.07, 6.45) is 3.70. The minimum absolute atomic E-state index is 0.200. The zero-order chi connectivity index (χ0) is 19.6. The fourth-order valence-electron chi connectivity index (χ4n) is 2.84. The topological polar surface area (TPSA) is 115 Å². The van der Waals surface area contributed by atoms with E-state index in [-0.39, 0.29) is 16.6 Å². The van der Waals surface area contributed by atoms with Crippen LogP contribution in [-0.2, 0) is 13.1 Å². The molecular formula is C18H22N6O3. The molecule has 0 aliphatic heterocycles. The Kier molecular flexibility index (Phi) is 5.20. The number of fused-ring (bicyclic) bond motifs is 1. The van der Waals surface area contributed by atoms with Gasteiger partial charge in [0.1, 0.15) is 11.5 Å². The Labute approximate surface area is 155 Å². The van der Waals surface area contributed by atoms with E-state index in [4.69, 9.17) is 0 Å². The van der Waals surface area contributed by atoms with Gasteiger partial charge in [0.15, 0.2) is 0 Å². The molecule has 3 rings (SSSR count). The van der Waals surface area contributed by atoms with Crippen molar-refractivity contribution < 1.29 is 4.79 Å². The minimum Gasteiger partial charge on any atom is -0.307 e. The molecule has 2 N–H and O–H groups in total.